The van der Waals surface area contributed by atoms with Crippen molar-refractivity contribution in [2.75, 3.05) is 32.9 Å². The highest BCUT2D eigenvalue weighted by Crippen LogP contribution is 2.36. The van der Waals surface area contributed by atoms with Gasteiger partial charge in [-0.15, -0.1) is 0 Å². The molecule has 0 spiro atoms. The van der Waals surface area contributed by atoms with Crippen LogP contribution in [-0.4, -0.2) is 90.9 Å². The first kappa shape index (κ1) is 24.4. The summed E-state index contributed by atoms with van der Waals surface area (Å²) in [5.74, 6) is -2.48. The van der Waals surface area contributed by atoms with Crippen LogP contribution in [0.4, 0.5) is 0 Å². The summed E-state index contributed by atoms with van der Waals surface area (Å²) in [6, 6.07) is 0. The summed E-state index contributed by atoms with van der Waals surface area (Å²) in [6.07, 6.45) is -4.29. The molecule has 0 bridgehead atoms. The van der Waals surface area contributed by atoms with Gasteiger partial charge in [-0.25, -0.2) is 4.31 Å². The van der Waals surface area contributed by atoms with Crippen LogP contribution in [0.15, 0.2) is 0 Å². The highest BCUT2D eigenvalue weighted by molar-refractivity contribution is 7.97. The maximum absolute atomic E-state index is 11.8. The van der Waals surface area contributed by atoms with Crippen LogP contribution in [0, 0.1) is 0 Å². The molecular weight excluding hydrogens is 422 g/mol. The Hall–Kier alpha value is -1.89. The summed E-state index contributed by atoms with van der Waals surface area (Å²) in [4.78, 5) is 46.6. The number of morpholine rings is 1. The van der Waals surface area contributed by atoms with E-state index in [2.05, 4.69) is 0 Å². The lowest BCUT2D eigenvalue weighted by Gasteiger charge is -2.45. The van der Waals surface area contributed by atoms with Gasteiger partial charge in [-0.2, -0.15) is 0 Å². The van der Waals surface area contributed by atoms with Gasteiger partial charge in [-0.1, -0.05) is 0 Å². The fourth-order valence-corrected chi connectivity index (χ4v) is 4.25. The zero-order chi connectivity index (χ0) is 22.3. The third-order valence-corrected chi connectivity index (χ3v) is 5.42. The van der Waals surface area contributed by atoms with Gasteiger partial charge >= 0.3 is 23.9 Å². The molecule has 0 amide bonds. The number of hydrogen-bond donors (Lipinski definition) is 0. The topological polar surface area (TPSA) is 127 Å². The van der Waals surface area contributed by atoms with Crippen LogP contribution in [0.3, 0.4) is 0 Å². The van der Waals surface area contributed by atoms with Gasteiger partial charge in [0.15, 0.2) is 23.7 Å². The normalized spacial score (nSPS) is 29.5. The summed E-state index contributed by atoms with van der Waals surface area (Å²) >= 11 is 1.26. The molecule has 0 aromatic carbocycles. The third-order valence-electron chi connectivity index (χ3n) is 4.17. The van der Waals surface area contributed by atoms with Gasteiger partial charge < -0.3 is 28.4 Å². The van der Waals surface area contributed by atoms with E-state index in [1.165, 1.54) is 39.6 Å². The summed E-state index contributed by atoms with van der Waals surface area (Å²) < 4.78 is 34.6. The van der Waals surface area contributed by atoms with E-state index in [9.17, 15) is 19.2 Å². The highest BCUT2D eigenvalue weighted by Gasteiger charge is 2.52. The molecule has 0 unspecified atom stereocenters. The number of carbonyl (C=O) groups excluding carboxylic acids is 4. The fraction of sp³-hybridized carbons (Fsp3) is 0.778. The summed E-state index contributed by atoms with van der Waals surface area (Å²) in [5.41, 5.74) is -0.802. The summed E-state index contributed by atoms with van der Waals surface area (Å²) in [7, 11) is 0. The van der Waals surface area contributed by atoms with E-state index in [0.717, 1.165) is 0 Å². The molecule has 30 heavy (non-hydrogen) atoms. The molecule has 2 aliphatic rings. The minimum Gasteiger partial charge on any atom is -0.463 e. The van der Waals surface area contributed by atoms with E-state index in [0.29, 0.717) is 26.3 Å². The minimum absolute atomic E-state index is 0.238. The van der Waals surface area contributed by atoms with Gasteiger partial charge in [0.1, 0.15) is 12.7 Å². The molecule has 0 saturated carbocycles. The molecule has 11 nitrogen and oxygen atoms in total. The molecule has 2 heterocycles. The van der Waals surface area contributed by atoms with Crippen molar-refractivity contribution in [1.82, 2.24) is 4.31 Å². The molecule has 2 rings (SSSR count). The smallest absolute Gasteiger partial charge is 0.303 e. The second-order valence-corrected chi connectivity index (χ2v) is 7.91. The lowest BCUT2D eigenvalue weighted by Crippen LogP contribution is -2.62. The Morgan fingerprint density at radius 2 is 1.37 bits per heavy atom. The van der Waals surface area contributed by atoms with E-state index < -0.39 is 53.7 Å². The Morgan fingerprint density at radius 1 is 0.833 bits per heavy atom. The van der Waals surface area contributed by atoms with E-state index >= 15 is 0 Å². The molecule has 0 aromatic rings. The summed E-state index contributed by atoms with van der Waals surface area (Å²) in [6.45, 7) is 6.85. The molecule has 5 atom stereocenters. The first-order chi connectivity index (χ1) is 14.2. The van der Waals surface area contributed by atoms with E-state index in [4.69, 9.17) is 28.4 Å². The second-order valence-electron chi connectivity index (χ2n) is 6.71. The van der Waals surface area contributed by atoms with Crippen molar-refractivity contribution in [2.45, 2.75) is 57.5 Å². The van der Waals surface area contributed by atoms with Crippen LogP contribution in [0.25, 0.3) is 0 Å². The van der Waals surface area contributed by atoms with Crippen LogP contribution in [0.5, 0.6) is 0 Å². The van der Waals surface area contributed by atoms with E-state index in [1.54, 1.807) is 0 Å². The maximum atomic E-state index is 11.8. The maximum Gasteiger partial charge on any atom is 0.303 e. The molecule has 0 aromatic heterocycles. The van der Waals surface area contributed by atoms with Crippen molar-refractivity contribution in [1.29, 1.82) is 0 Å². The zero-order valence-electron chi connectivity index (χ0n) is 17.4. The van der Waals surface area contributed by atoms with Crippen molar-refractivity contribution in [3.63, 3.8) is 0 Å². The fourth-order valence-electron chi connectivity index (χ4n) is 3.07. The van der Waals surface area contributed by atoms with Crippen LogP contribution < -0.4 is 0 Å². The number of carbonyl (C=O) groups is 4. The van der Waals surface area contributed by atoms with Crippen molar-refractivity contribution in [3.8, 4) is 0 Å². The molecule has 0 N–H and O–H groups in total. The average Bonchev–Trinajstić information content (AvgIpc) is 2.64. The van der Waals surface area contributed by atoms with Crippen molar-refractivity contribution >= 4 is 35.8 Å². The van der Waals surface area contributed by atoms with Gasteiger partial charge in [0.25, 0.3) is 0 Å². The Bertz CT molecular complexity index is 638. The number of ether oxygens (including phenoxy) is 6. The quantitative estimate of drug-likeness (QED) is 0.296. The van der Waals surface area contributed by atoms with Crippen LogP contribution in [0.2, 0.25) is 0 Å². The van der Waals surface area contributed by atoms with Crippen LogP contribution >= 0.6 is 11.9 Å². The van der Waals surface area contributed by atoms with Crippen molar-refractivity contribution < 1.29 is 47.6 Å². The predicted octanol–water partition coefficient (Wildman–Crippen LogP) is 0.0499. The SMILES string of the molecule is CC(=O)OC[C@H]1O[C@@H](SN2CCOCC2)[C@H](OC(C)=O)[C@@H](OC(C)=O)[C@H]1OC(C)=O. The van der Waals surface area contributed by atoms with Gasteiger partial charge in [-0.05, 0) is 11.9 Å². The number of rotatable bonds is 7. The Kier molecular flexibility index (Phi) is 9.34. The molecule has 170 valence electrons. The number of esters is 4. The average molecular weight is 449 g/mol. The Labute approximate surface area is 178 Å². The standard InChI is InChI=1S/C18H27NO10S/c1-10(20)25-9-14-15(26-11(2)21)16(27-12(3)22)17(28-13(4)23)18(29-14)30-19-5-7-24-8-6-19/h14-18H,5-9H2,1-4H3/t14-,15+,16+,17-,18+/m1/s1. The Morgan fingerprint density at radius 3 is 1.90 bits per heavy atom. The molecule has 12 heteroatoms. The van der Waals surface area contributed by atoms with Crippen molar-refractivity contribution in [2.24, 2.45) is 0 Å². The summed E-state index contributed by atoms with van der Waals surface area (Å²) in [5, 5.41) is 0. The number of nitrogens with zero attached hydrogens (tertiary/aromatic N) is 1. The molecule has 0 radical (unpaired) electrons. The lowest BCUT2D eigenvalue weighted by atomic mass is 9.99. The highest BCUT2D eigenvalue weighted by atomic mass is 32.2. The zero-order valence-corrected chi connectivity index (χ0v) is 18.2. The first-order valence-electron chi connectivity index (χ1n) is 9.47. The second kappa shape index (κ2) is 11.5. The van der Waals surface area contributed by atoms with Gasteiger partial charge in [0.2, 0.25) is 0 Å². The predicted molar refractivity (Wildman–Crippen MR) is 102 cm³/mol. The lowest BCUT2D eigenvalue weighted by molar-refractivity contribution is -0.237. The van der Waals surface area contributed by atoms with Crippen LogP contribution in [-0.2, 0) is 47.6 Å². The first-order valence-corrected chi connectivity index (χ1v) is 10.3. The molecule has 2 saturated heterocycles. The number of hydrogen-bond acceptors (Lipinski definition) is 12. The minimum atomic E-state index is -1.15. The molecular formula is C18H27NO10S. The molecule has 0 aliphatic carbocycles. The van der Waals surface area contributed by atoms with E-state index in [-0.39, 0.29) is 6.61 Å². The van der Waals surface area contributed by atoms with Gasteiger partial charge in [0, 0.05) is 40.8 Å². The van der Waals surface area contributed by atoms with Gasteiger partial charge in [0.05, 0.1) is 13.2 Å². The van der Waals surface area contributed by atoms with E-state index in [1.807, 2.05) is 4.31 Å². The monoisotopic (exact) mass is 449 g/mol. The van der Waals surface area contributed by atoms with Crippen molar-refractivity contribution in [3.05, 3.63) is 0 Å². The van der Waals surface area contributed by atoms with Gasteiger partial charge in [-0.3, -0.25) is 19.2 Å². The van der Waals surface area contributed by atoms with Crippen LogP contribution in [0.1, 0.15) is 27.7 Å². The third kappa shape index (κ3) is 7.42. The molecule has 2 aliphatic heterocycles. The Balaban J connectivity index is 2.34. The molecule has 2 fully saturated rings. The largest absolute Gasteiger partial charge is 0.463 e.